The van der Waals surface area contributed by atoms with Gasteiger partial charge in [-0.3, -0.25) is 9.78 Å². The first-order valence-electron chi connectivity index (χ1n) is 5.94. The van der Waals surface area contributed by atoms with Gasteiger partial charge in [-0.2, -0.15) is 0 Å². The smallest absolute Gasteiger partial charge is 0.256 e. The van der Waals surface area contributed by atoms with Gasteiger partial charge in [0.25, 0.3) is 5.56 Å². The molecule has 0 aliphatic heterocycles. The second-order valence-electron chi connectivity index (χ2n) is 4.30. The fourth-order valence-corrected chi connectivity index (χ4v) is 2.00. The Hall–Kier alpha value is -2.81. The monoisotopic (exact) mass is 270 g/mol. The third kappa shape index (κ3) is 2.62. The molecule has 0 saturated carbocycles. The van der Waals surface area contributed by atoms with E-state index in [4.69, 9.17) is 17.0 Å². The van der Waals surface area contributed by atoms with Crippen molar-refractivity contribution >= 4 is 11.6 Å². The summed E-state index contributed by atoms with van der Waals surface area (Å²) in [6.07, 6.45) is 0.334. The Balaban J connectivity index is 2.50. The first-order chi connectivity index (χ1) is 9.55. The number of aromatic amines is 1. The van der Waals surface area contributed by atoms with E-state index in [1.165, 1.54) is 0 Å². The molecule has 0 amide bonds. The summed E-state index contributed by atoms with van der Waals surface area (Å²) in [6.45, 7) is 8.78. The number of ether oxygens (including phenoxy) is 1. The highest BCUT2D eigenvalue weighted by Gasteiger charge is 2.12. The molecule has 0 unspecified atom stereocenters. The molecule has 0 spiro atoms. The average molecular weight is 270 g/mol. The molecule has 0 saturated heterocycles. The van der Waals surface area contributed by atoms with Crippen LogP contribution in [0, 0.1) is 13.5 Å². The van der Waals surface area contributed by atoms with Crippen LogP contribution in [0.2, 0.25) is 0 Å². The Morgan fingerprint density at radius 2 is 2.25 bits per heavy atom. The molecule has 3 N–H and O–H groups in total. The van der Waals surface area contributed by atoms with Crippen LogP contribution in [0.1, 0.15) is 16.8 Å². The van der Waals surface area contributed by atoms with Crippen LogP contribution in [-0.4, -0.2) is 17.1 Å². The largest absolute Gasteiger partial charge is 0.497 e. The molecule has 20 heavy (non-hydrogen) atoms. The van der Waals surface area contributed by atoms with Crippen LogP contribution >= 0.6 is 0 Å². The quantitative estimate of drug-likeness (QED) is 0.833. The zero-order valence-corrected chi connectivity index (χ0v) is 11.2. The number of aryl methyl sites for hydroxylation is 1. The van der Waals surface area contributed by atoms with Crippen molar-refractivity contribution in [2.45, 2.75) is 13.3 Å². The van der Waals surface area contributed by atoms with Crippen LogP contribution in [0.4, 0.5) is 11.6 Å². The molecule has 0 fully saturated rings. The van der Waals surface area contributed by atoms with Crippen molar-refractivity contribution in [1.82, 2.24) is 9.97 Å². The summed E-state index contributed by atoms with van der Waals surface area (Å²) in [5.74, 6) is 0.728. The summed E-state index contributed by atoms with van der Waals surface area (Å²) in [5.41, 5.74) is 7.57. The van der Waals surface area contributed by atoms with Gasteiger partial charge in [-0.15, -0.1) is 0 Å². The van der Waals surface area contributed by atoms with E-state index >= 15 is 0 Å². The van der Waals surface area contributed by atoms with Gasteiger partial charge < -0.3 is 10.5 Å². The van der Waals surface area contributed by atoms with Crippen LogP contribution in [0.25, 0.3) is 4.85 Å². The second kappa shape index (κ2) is 5.45. The molecule has 0 aliphatic carbocycles. The van der Waals surface area contributed by atoms with E-state index in [1.807, 2.05) is 0 Å². The number of anilines is 1. The first-order valence-corrected chi connectivity index (χ1v) is 5.94. The van der Waals surface area contributed by atoms with Gasteiger partial charge in [-0.05, 0) is 24.6 Å². The molecule has 0 radical (unpaired) electrons. The highest BCUT2D eigenvalue weighted by Crippen LogP contribution is 2.26. The summed E-state index contributed by atoms with van der Waals surface area (Å²) in [4.78, 5) is 21.8. The Labute approximate surface area is 116 Å². The predicted octanol–water partition coefficient (Wildman–Crippen LogP) is 1.81. The summed E-state index contributed by atoms with van der Waals surface area (Å²) in [6, 6.07) is 5.10. The molecular formula is C14H14N4O2. The van der Waals surface area contributed by atoms with Gasteiger partial charge in [0.1, 0.15) is 5.75 Å². The van der Waals surface area contributed by atoms with Crippen molar-refractivity contribution in [2.24, 2.45) is 0 Å². The molecule has 102 valence electrons. The highest BCUT2D eigenvalue weighted by molar-refractivity contribution is 5.53. The maximum atomic E-state index is 11.9. The van der Waals surface area contributed by atoms with Crippen LogP contribution < -0.4 is 16.0 Å². The minimum absolute atomic E-state index is 0.0955. The molecule has 1 aromatic carbocycles. The zero-order chi connectivity index (χ0) is 14.7. The zero-order valence-electron chi connectivity index (χ0n) is 11.2. The number of rotatable bonds is 3. The fraction of sp³-hybridized carbons (Fsp3) is 0.214. The average Bonchev–Trinajstić information content (AvgIpc) is 2.42. The van der Waals surface area contributed by atoms with E-state index < -0.39 is 0 Å². The van der Waals surface area contributed by atoms with Crippen molar-refractivity contribution in [3.8, 4) is 5.75 Å². The molecule has 0 bridgehead atoms. The Morgan fingerprint density at radius 1 is 1.50 bits per heavy atom. The van der Waals surface area contributed by atoms with Crippen molar-refractivity contribution in [3.63, 3.8) is 0 Å². The lowest BCUT2D eigenvalue weighted by Gasteiger charge is -2.10. The lowest BCUT2D eigenvalue weighted by Crippen LogP contribution is -2.18. The normalized spacial score (nSPS) is 10.1. The minimum Gasteiger partial charge on any atom is -0.497 e. The standard InChI is InChI=1S/C14H14N4O2/c1-8-11(13(19)18-14(15)17-8)7-9-6-10(16-2)4-5-12(9)20-3/h4-6H,7H2,1,3H3,(H3,15,17,18,19). The van der Waals surface area contributed by atoms with Gasteiger partial charge in [0.2, 0.25) is 5.95 Å². The van der Waals surface area contributed by atoms with E-state index in [2.05, 4.69) is 14.8 Å². The lowest BCUT2D eigenvalue weighted by molar-refractivity contribution is 0.410. The van der Waals surface area contributed by atoms with Crippen LogP contribution in [-0.2, 0) is 6.42 Å². The second-order valence-corrected chi connectivity index (χ2v) is 4.30. The highest BCUT2D eigenvalue weighted by atomic mass is 16.5. The maximum absolute atomic E-state index is 11.9. The summed E-state index contributed by atoms with van der Waals surface area (Å²) in [7, 11) is 1.55. The van der Waals surface area contributed by atoms with Gasteiger partial charge >= 0.3 is 0 Å². The third-order valence-corrected chi connectivity index (χ3v) is 3.00. The number of aromatic nitrogens is 2. The van der Waals surface area contributed by atoms with Crippen LogP contribution in [0.3, 0.4) is 0 Å². The van der Waals surface area contributed by atoms with Gasteiger partial charge in [0.15, 0.2) is 5.69 Å². The number of nitrogens with zero attached hydrogens (tertiary/aromatic N) is 2. The lowest BCUT2D eigenvalue weighted by atomic mass is 10.0. The number of methoxy groups -OCH3 is 1. The molecule has 6 heteroatoms. The Kier molecular flexibility index (Phi) is 3.71. The maximum Gasteiger partial charge on any atom is 0.256 e. The number of nitrogens with two attached hydrogens (primary N) is 1. The van der Waals surface area contributed by atoms with Crippen molar-refractivity contribution < 1.29 is 4.74 Å². The molecule has 2 rings (SSSR count). The minimum atomic E-state index is -0.273. The van der Waals surface area contributed by atoms with Crippen LogP contribution in [0.15, 0.2) is 23.0 Å². The van der Waals surface area contributed by atoms with Crippen molar-refractivity contribution in [1.29, 1.82) is 0 Å². The van der Waals surface area contributed by atoms with Gasteiger partial charge in [0, 0.05) is 12.0 Å². The van der Waals surface area contributed by atoms with Gasteiger partial charge in [0.05, 0.1) is 19.4 Å². The summed E-state index contributed by atoms with van der Waals surface area (Å²) >= 11 is 0. The molecule has 0 aliphatic rings. The molecular weight excluding hydrogens is 256 g/mol. The molecule has 1 heterocycles. The number of hydrogen-bond donors (Lipinski definition) is 2. The fourth-order valence-electron chi connectivity index (χ4n) is 2.00. The third-order valence-electron chi connectivity index (χ3n) is 3.00. The summed E-state index contributed by atoms with van der Waals surface area (Å²) < 4.78 is 5.26. The molecule has 6 nitrogen and oxygen atoms in total. The number of hydrogen-bond acceptors (Lipinski definition) is 4. The van der Waals surface area contributed by atoms with Crippen molar-refractivity contribution in [2.75, 3.05) is 12.8 Å². The van der Waals surface area contributed by atoms with E-state index in [0.29, 0.717) is 29.1 Å². The number of H-pyrrole nitrogens is 1. The van der Waals surface area contributed by atoms with Crippen molar-refractivity contribution in [3.05, 3.63) is 56.8 Å². The predicted molar refractivity (Wildman–Crippen MR) is 76.1 cm³/mol. The van der Waals surface area contributed by atoms with Crippen LogP contribution in [0.5, 0.6) is 5.75 Å². The van der Waals surface area contributed by atoms with E-state index in [0.717, 1.165) is 5.56 Å². The topological polar surface area (TPSA) is 85.4 Å². The van der Waals surface area contributed by atoms with Gasteiger partial charge in [-0.25, -0.2) is 9.83 Å². The van der Waals surface area contributed by atoms with E-state index in [9.17, 15) is 4.79 Å². The number of nitrogen functional groups attached to an aromatic ring is 1. The Morgan fingerprint density at radius 3 is 2.85 bits per heavy atom. The summed E-state index contributed by atoms with van der Waals surface area (Å²) in [5, 5.41) is 0. The number of benzene rings is 1. The Bertz CT molecular complexity index is 744. The molecule has 0 atom stereocenters. The first kappa shape index (κ1) is 13.6. The molecule has 2 aromatic rings. The van der Waals surface area contributed by atoms with E-state index in [1.54, 1.807) is 32.2 Å². The molecule has 1 aromatic heterocycles. The van der Waals surface area contributed by atoms with Gasteiger partial charge in [-0.1, -0.05) is 6.07 Å². The van der Waals surface area contributed by atoms with E-state index in [-0.39, 0.29) is 11.5 Å². The number of nitrogens with one attached hydrogen (secondary N) is 1. The SMILES string of the molecule is [C-]#[N+]c1ccc(OC)c(Cc2c(C)nc(N)[nH]c2=O)c1.